The van der Waals surface area contributed by atoms with Crippen molar-refractivity contribution in [1.82, 2.24) is 29.3 Å². The van der Waals surface area contributed by atoms with Crippen molar-refractivity contribution < 1.29 is 21.6 Å². The highest BCUT2D eigenvalue weighted by Crippen LogP contribution is 2.33. The molecule has 1 aliphatic rings. The molecule has 0 unspecified atom stereocenters. The van der Waals surface area contributed by atoms with Gasteiger partial charge in [-0.1, -0.05) is 18.5 Å². The van der Waals surface area contributed by atoms with Crippen molar-refractivity contribution in [2.24, 2.45) is 7.05 Å². The summed E-state index contributed by atoms with van der Waals surface area (Å²) in [6, 6.07) is 3.77. The first-order valence-electron chi connectivity index (χ1n) is 10.6. The van der Waals surface area contributed by atoms with E-state index in [0.29, 0.717) is 29.2 Å². The minimum atomic E-state index is -4.64. The Morgan fingerprint density at radius 3 is 2.63 bits per heavy atom. The number of sulfone groups is 1. The van der Waals surface area contributed by atoms with Gasteiger partial charge in [0, 0.05) is 12.1 Å². The van der Waals surface area contributed by atoms with Gasteiger partial charge >= 0.3 is 6.18 Å². The maximum absolute atomic E-state index is 13.2. The van der Waals surface area contributed by atoms with Crippen LogP contribution in [0.5, 0.6) is 0 Å². The molecule has 182 valence electrons. The van der Waals surface area contributed by atoms with Crippen LogP contribution in [0.4, 0.5) is 13.2 Å². The molecule has 0 saturated heterocycles. The van der Waals surface area contributed by atoms with E-state index in [2.05, 4.69) is 20.1 Å². The summed E-state index contributed by atoms with van der Waals surface area (Å²) in [7, 11) is -2.18. The van der Waals surface area contributed by atoms with Crippen LogP contribution >= 0.6 is 11.6 Å². The molecule has 4 heterocycles. The number of aromatic nitrogens is 6. The summed E-state index contributed by atoms with van der Waals surface area (Å²) in [5.41, 5.74) is 0.928. The van der Waals surface area contributed by atoms with Crippen LogP contribution in [-0.2, 0) is 29.5 Å². The van der Waals surface area contributed by atoms with Crippen molar-refractivity contribution in [2.45, 2.75) is 30.8 Å². The van der Waals surface area contributed by atoms with E-state index < -0.39 is 21.7 Å². The molecule has 0 fully saturated rings. The number of halogens is 4. The number of rotatable bonds is 4. The summed E-state index contributed by atoms with van der Waals surface area (Å²) >= 11 is 6.22. The van der Waals surface area contributed by atoms with Crippen LogP contribution in [-0.4, -0.2) is 43.5 Å². The summed E-state index contributed by atoms with van der Waals surface area (Å²) in [5, 5.41) is 5.05. The Morgan fingerprint density at radius 2 is 1.91 bits per heavy atom. The normalized spacial score (nSPS) is 14.3. The van der Waals surface area contributed by atoms with E-state index in [1.165, 1.54) is 23.6 Å². The highest BCUT2D eigenvalue weighted by Gasteiger charge is 2.33. The Bertz CT molecular complexity index is 1620. The molecular weight excluding hydrogens is 505 g/mol. The quantitative estimate of drug-likeness (QED) is 0.390. The molecule has 0 amide bonds. The smallest absolute Gasteiger partial charge is 0.324 e. The second-order valence-corrected chi connectivity index (χ2v) is 10.8. The van der Waals surface area contributed by atoms with E-state index in [1.807, 2.05) is 0 Å². The molecule has 0 bridgehead atoms. The van der Waals surface area contributed by atoms with Crippen molar-refractivity contribution in [3.63, 3.8) is 0 Å². The molecule has 0 aliphatic heterocycles. The maximum Gasteiger partial charge on any atom is 0.433 e. The zero-order valence-electron chi connectivity index (χ0n) is 18.5. The number of allylic oxidation sites excluding steroid dienone is 1. The second-order valence-electron chi connectivity index (χ2n) is 8.03. The lowest BCUT2D eigenvalue weighted by molar-refractivity contribution is -0.141. The minimum Gasteiger partial charge on any atom is -0.324 e. The van der Waals surface area contributed by atoms with Gasteiger partial charge in [-0.05, 0) is 42.7 Å². The van der Waals surface area contributed by atoms with Gasteiger partial charge in [0.2, 0.25) is 0 Å². The van der Waals surface area contributed by atoms with E-state index in [0.717, 1.165) is 23.5 Å². The number of aryl methyl sites for hydroxylation is 2. The molecule has 1 aliphatic carbocycles. The third-order valence-corrected chi connectivity index (χ3v) is 7.92. The fraction of sp³-hybridized carbons (Fsp3) is 0.273. The van der Waals surface area contributed by atoms with Gasteiger partial charge < -0.3 is 4.57 Å². The number of nitrogens with zero attached hydrogens (tertiary/aromatic N) is 6. The third kappa shape index (κ3) is 4.00. The monoisotopic (exact) mass is 522 g/mol. The van der Waals surface area contributed by atoms with Crippen molar-refractivity contribution in [3.8, 4) is 17.3 Å². The first-order valence-corrected chi connectivity index (χ1v) is 12.6. The first-order chi connectivity index (χ1) is 16.5. The van der Waals surface area contributed by atoms with Gasteiger partial charge in [0.25, 0.3) is 0 Å². The number of hydrogen-bond donors (Lipinski definition) is 0. The minimum absolute atomic E-state index is 0.00625. The van der Waals surface area contributed by atoms with Gasteiger partial charge in [-0.3, -0.25) is 0 Å². The molecule has 4 aromatic rings. The standard InChI is InChI=1S/C22H18ClF3N6O2S/c1-3-35(33,34)17-6-7-19(32-15-8-13(23)5-4-12(15)10-28-32)30-20(17)21-29-14-9-18(22(24,25)26)27-11-16(14)31(21)2/h6-11H,3-5H2,1-2H3. The average Bonchev–Trinajstić information content (AvgIpc) is 3.38. The first kappa shape index (κ1) is 23.5. The topological polar surface area (TPSA) is 95.6 Å². The summed E-state index contributed by atoms with van der Waals surface area (Å²) in [5.74, 6) is 0.213. The van der Waals surface area contributed by atoms with Gasteiger partial charge in [-0.25, -0.2) is 28.1 Å². The molecule has 13 heteroatoms. The molecule has 0 radical (unpaired) electrons. The molecule has 4 aromatic heterocycles. The van der Waals surface area contributed by atoms with Gasteiger partial charge in [0.15, 0.2) is 21.5 Å². The molecule has 0 atom stereocenters. The second kappa shape index (κ2) is 8.16. The maximum atomic E-state index is 13.2. The van der Waals surface area contributed by atoms with Gasteiger partial charge in [0.05, 0.1) is 39.8 Å². The summed E-state index contributed by atoms with van der Waals surface area (Å²) in [4.78, 5) is 12.3. The van der Waals surface area contributed by atoms with Gasteiger partial charge in [-0.2, -0.15) is 18.3 Å². The van der Waals surface area contributed by atoms with E-state index in [-0.39, 0.29) is 27.7 Å². The number of alkyl halides is 3. The lowest BCUT2D eigenvalue weighted by atomic mass is 10.0. The molecule has 0 aromatic carbocycles. The van der Waals surface area contributed by atoms with Crippen LogP contribution in [0.2, 0.25) is 0 Å². The molecule has 0 N–H and O–H groups in total. The fourth-order valence-electron chi connectivity index (χ4n) is 3.97. The van der Waals surface area contributed by atoms with Crippen molar-refractivity contribution >= 4 is 38.5 Å². The summed E-state index contributed by atoms with van der Waals surface area (Å²) in [6.07, 6.45) is 1.30. The van der Waals surface area contributed by atoms with Crippen molar-refractivity contribution in [3.05, 3.63) is 52.6 Å². The van der Waals surface area contributed by atoms with E-state index in [4.69, 9.17) is 11.6 Å². The Kier molecular flexibility index (Phi) is 5.48. The van der Waals surface area contributed by atoms with Crippen LogP contribution in [0.15, 0.2) is 40.5 Å². The van der Waals surface area contributed by atoms with E-state index >= 15 is 0 Å². The van der Waals surface area contributed by atoms with Crippen LogP contribution in [0.25, 0.3) is 34.4 Å². The van der Waals surface area contributed by atoms with Crippen LogP contribution in [0.3, 0.4) is 0 Å². The molecule has 5 rings (SSSR count). The van der Waals surface area contributed by atoms with Crippen molar-refractivity contribution in [2.75, 3.05) is 5.75 Å². The Balaban J connectivity index is 1.75. The van der Waals surface area contributed by atoms with Crippen molar-refractivity contribution in [1.29, 1.82) is 0 Å². The van der Waals surface area contributed by atoms with Crippen LogP contribution in [0, 0.1) is 0 Å². The fourth-order valence-corrected chi connectivity index (χ4v) is 5.19. The third-order valence-electron chi connectivity index (χ3n) is 5.86. The number of pyridine rings is 2. The molecule has 0 spiro atoms. The number of imidazole rings is 1. The molecule has 0 saturated carbocycles. The molecule has 35 heavy (non-hydrogen) atoms. The largest absolute Gasteiger partial charge is 0.433 e. The highest BCUT2D eigenvalue weighted by atomic mass is 35.5. The summed E-state index contributed by atoms with van der Waals surface area (Å²) in [6.45, 7) is 1.50. The SMILES string of the molecule is CCS(=O)(=O)c1ccc(-n2ncc3c2C=C(Cl)CC3)nc1-c1nc2cc(C(F)(F)F)ncc2n1C. The zero-order chi connectivity index (χ0) is 25.1. The predicted octanol–water partition coefficient (Wildman–Crippen LogP) is 4.55. The molecule has 8 nitrogen and oxygen atoms in total. The number of hydrogen-bond acceptors (Lipinski definition) is 6. The summed E-state index contributed by atoms with van der Waals surface area (Å²) < 4.78 is 68.3. The Labute approximate surface area is 203 Å². The lowest BCUT2D eigenvalue weighted by Crippen LogP contribution is -2.12. The number of fused-ring (bicyclic) bond motifs is 2. The van der Waals surface area contributed by atoms with Crippen LogP contribution < -0.4 is 0 Å². The average molecular weight is 523 g/mol. The van der Waals surface area contributed by atoms with Gasteiger partial charge in [-0.15, -0.1) is 0 Å². The van der Waals surface area contributed by atoms with Gasteiger partial charge in [0.1, 0.15) is 11.4 Å². The Morgan fingerprint density at radius 1 is 1.14 bits per heavy atom. The molecular formula is C22H18ClF3N6O2S. The van der Waals surface area contributed by atoms with E-state index in [1.54, 1.807) is 24.0 Å². The predicted molar refractivity (Wildman–Crippen MR) is 124 cm³/mol. The lowest BCUT2D eigenvalue weighted by Gasteiger charge is -2.14. The zero-order valence-corrected chi connectivity index (χ0v) is 20.1. The van der Waals surface area contributed by atoms with E-state index in [9.17, 15) is 21.6 Å². The Hall–Kier alpha value is -3.25. The van der Waals surface area contributed by atoms with Crippen LogP contribution in [0.1, 0.15) is 30.3 Å². The highest BCUT2D eigenvalue weighted by molar-refractivity contribution is 7.91.